The van der Waals surface area contributed by atoms with Gasteiger partial charge in [0.2, 0.25) is 0 Å². The molecule has 2 aliphatic rings. The van der Waals surface area contributed by atoms with E-state index in [9.17, 15) is 0 Å². The molecule has 2 rings (SSSR count). The van der Waals surface area contributed by atoms with Gasteiger partial charge in [-0.15, -0.1) is 0 Å². The highest BCUT2D eigenvalue weighted by Gasteiger charge is 2.36. The molecule has 0 bridgehead atoms. The summed E-state index contributed by atoms with van der Waals surface area (Å²) in [5, 5.41) is 3.52. The summed E-state index contributed by atoms with van der Waals surface area (Å²) in [6.07, 6.45) is 2.66. The topological polar surface area (TPSA) is 18.5 Å². The number of hydrogen-bond acceptors (Lipinski definition) is 3. The van der Waals surface area contributed by atoms with Gasteiger partial charge in [-0.05, 0) is 46.8 Å². The van der Waals surface area contributed by atoms with E-state index in [0.29, 0.717) is 11.6 Å². The highest BCUT2D eigenvalue weighted by molar-refractivity contribution is 4.94. The minimum Gasteiger partial charge on any atom is -0.312 e. The van der Waals surface area contributed by atoms with Crippen LogP contribution in [0.3, 0.4) is 0 Å². The molecule has 0 aromatic heterocycles. The summed E-state index contributed by atoms with van der Waals surface area (Å²) in [6.45, 7) is 14.9. The lowest BCUT2D eigenvalue weighted by Crippen LogP contribution is -2.60. The molecule has 17 heavy (non-hydrogen) atoms. The van der Waals surface area contributed by atoms with E-state index in [1.54, 1.807) is 0 Å². The fourth-order valence-electron chi connectivity index (χ4n) is 2.84. The van der Waals surface area contributed by atoms with E-state index in [1.165, 1.54) is 39.0 Å². The number of nitrogens with one attached hydrogen (secondary N) is 1. The normalized spacial score (nSPS) is 30.5. The standard InChI is InChI=1S/C12H25N3.C2H6/c1-11-10-15(9-6-13-11)12(2)4-7-14(3)8-5-12;1-2/h11,13H,4-10H2,1-3H3;1-2H3. The Morgan fingerprint density at radius 3 is 2.24 bits per heavy atom. The Labute approximate surface area is 108 Å². The van der Waals surface area contributed by atoms with Gasteiger partial charge in [0.15, 0.2) is 0 Å². The number of likely N-dealkylation sites (tertiary alicyclic amines) is 1. The first-order valence-corrected chi connectivity index (χ1v) is 7.27. The van der Waals surface area contributed by atoms with Gasteiger partial charge in [-0.25, -0.2) is 0 Å². The molecule has 102 valence electrons. The van der Waals surface area contributed by atoms with Crippen LogP contribution in [0.5, 0.6) is 0 Å². The zero-order chi connectivity index (χ0) is 12.9. The monoisotopic (exact) mass is 241 g/mol. The van der Waals surface area contributed by atoms with Crippen LogP contribution in [-0.2, 0) is 0 Å². The molecule has 0 radical (unpaired) electrons. The maximum atomic E-state index is 3.52. The summed E-state index contributed by atoms with van der Waals surface area (Å²) in [6, 6.07) is 0.662. The second-order valence-corrected chi connectivity index (χ2v) is 5.60. The summed E-state index contributed by atoms with van der Waals surface area (Å²) in [4.78, 5) is 5.16. The first kappa shape index (κ1) is 14.9. The molecule has 0 aromatic carbocycles. The Hall–Kier alpha value is -0.120. The van der Waals surface area contributed by atoms with Crippen LogP contribution < -0.4 is 5.32 Å². The number of hydrogen-bond donors (Lipinski definition) is 1. The number of piperidine rings is 1. The SMILES string of the molecule is CC.CC1CN(C2(C)CCN(C)CC2)CCN1. The minimum atomic E-state index is 0.461. The van der Waals surface area contributed by atoms with E-state index in [1.807, 2.05) is 13.8 Å². The summed E-state index contributed by atoms with van der Waals surface area (Å²) in [5.41, 5.74) is 0.461. The zero-order valence-electron chi connectivity index (χ0n) is 12.4. The van der Waals surface area contributed by atoms with Crippen molar-refractivity contribution in [3.63, 3.8) is 0 Å². The molecule has 0 aliphatic carbocycles. The minimum absolute atomic E-state index is 0.461. The van der Waals surface area contributed by atoms with Crippen LogP contribution in [0.4, 0.5) is 0 Å². The Kier molecular flexibility index (Phi) is 5.90. The third kappa shape index (κ3) is 3.94. The van der Waals surface area contributed by atoms with Crippen LogP contribution in [0.25, 0.3) is 0 Å². The maximum Gasteiger partial charge on any atom is 0.0206 e. The highest BCUT2D eigenvalue weighted by atomic mass is 15.3. The van der Waals surface area contributed by atoms with Crippen molar-refractivity contribution < 1.29 is 0 Å². The third-order valence-electron chi connectivity index (χ3n) is 4.20. The molecule has 0 saturated carbocycles. The fraction of sp³-hybridized carbons (Fsp3) is 1.00. The number of piperazine rings is 1. The molecule has 2 aliphatic heterocycles. The van der Waals surface area contributed by atoms with E-state index in [2.05, 4.69) is 36.0 Å². The van der Waals surface area contributed by atoms with Crippen molar-refractivity contribution in [2.45, 2.75) is 52.1 Å². The lowest BCUT2D eigenvalue weighted by atomic mass is 9.87. The van der Waals surface area contributed by atoms with Crippen molar-refractivity contribution in [1.82, 2.24) is 15.1 Å². The number of rotatable bonds is 1. The van der Waals surface area contributed by atoms with Gasteiger partial charge in [-0.2, -0.15) is 0 Å². The van der Waals surface area contributed by atoms with E-state index < -0.39 is 0 Å². The molecule has 0 spiro atoms. The molecule has 0 amide bonds. The molecule has 2 fully saturated rings. The first-order valence-electron chi connectivity index (χ1n) is 7.27. The summed E-state index contributed by atoms with van der Waals surface area (Å²) < 4.78 is 0. The molecule has 3 heteroatoms. The third-order valence-corrected chi connectivity index (χ3v) is 4.20. The maximum absolute atomic E-state index is 3.52. The Morgan fingerprint density at radius 2 is 1.71 bits per heavy atom. The molecular weight excluding hydrogens is 210 g/mol. The van der Waals surface area contributed by atoms with Crippen LogP contribution in [-0.4, -0.2) is 61.2 Å². The van der Waals surface area contributed by atoms with E-state index in [4.69, 9.17) is 0 Å². The summed E-state index contributed by atoms with van der Waals surface area (Å²) in [5.74, 6) is 0. The van der Waals surface area contributed by atoms with Crippen molar-refractivity contribution in [1.29, 1.82) is 0 Å². The Bertz CT molecular complexity index is 210. The quantitative estimate of drug-likeness (QED) is 0.755. The lowest BCUT2D eigenvalue weighted by molar-refractivity contribution is 0.0227. The Morgan fingerprint density at radius 1 is 1.12 bits per heavy atom. The smallest absolute Gasteiger partial charge is 0.0206 e. The van der Waals surface area contributed by atoms with Crippen molar-refractivity contribution in [3.05, 3.63) is 0 Å². The van der Waals surface area contributed by atoms with Gasteiger partial charge in [0.05, 0.1) is 0 Å². The van der Waals surface area contributed by atoms with Gasteiger partial charge < -0.3 is 10.2 Å². The van der Waals surface area contributed by atoms with Crippen molar-refractivity contribution >= 4 is 0 Å². The molecule has 2 heterocycles. The second kappa shape index (κ2) is 6.72. The summed E-state index contributed by atoms with van der Waals surface area (Å²) in [7, 11) is 2.24. The van der Waals surface area contributed by atoms with Gasteiger partial charge in [-0.1, -0.05) is 13.8 Å². The van der Waals surface area contributed by atoms with Gasteiger partial charge >= 0.3 is 0 Å². The van der Waals surface area contributed by atoms with Crippen molar-refractivity contribution in [2.75, 3.05) is 39.8 Å². The fourth-order valence-corrected chi connectivity index (χ4v) is 2.84. The van der Waals surface area contributed by atoms with Gasteiger partial charge in [-0.3, -0.25) is 4.90 Å². The van der Waals surface area contributed by atoms with Crippen LogP contribution >= 0.6 is 0 Å². The summed E-state index contributed by atoms with van der Waals surface area (Å²) >= 11 is 0. The van der Waals surface area contributed by atoms with Crippen LogP contribution in [0.2, 0.25) is 0 Å². The average Bonchev–Trinajstić information content (AvgIpc) is 2.36. The molecule has 0 aromatic rings. The first-order chi connectivity index (χ1) is 8.10. The lowest BCUT2D eigenvalue weighted by Gasteiger charge is -2.49. The van der Waals surface area contributed by atoms with Gasteiger partial charge in [0.1, 0.15) is 0 Å². The second-order valence-electron chi connectivity index (χ2n) is 5.60. The van der Waals surface area contributed by atoms with Gasteiger partial charge in [0.25, 0.3) is 0 Å². The van der Waals surface area contributed by atoms with Gasteiger partial charge in [0, 0.05) is 31.2 Å². The Balaban J connectivity index is 0.000000686. The van der Waals surface area contributed by atoms with Crippen LogP contribution in [0.15, 0.2) is 0 Å². The zero-order valence-corrected chi connectivity index (χ0v) is 12.4. The van der Waals surface area contributed by atoms with Crippen molar-refractivity contribution in [2.24, 2.45) is 0 Å². The van der Waals surface area contributed by atoms with Crippen LogP contribution in [0.1, 0.15) is 40.5 Å². The number of nitrogens with zero attached hydrogens (tertiary/aromatic N) is 2. The predicted octanol–water partition coefficient (Wildman–Crippen LogP) is 1.79. The van der Waals surface area contributed by atoms with E-state index in [0.717, 1.165) is 6.54 Å². The molecule has 1 N–H and O–H groups in total. The molecule has 1 atom stereocenters. The molecule has 2 saturated heterocycles. The average molecular weight is 241 g/mol. The molecule has 1 unspecified atom stereocenters. The van der Waals surface area contributed by atoms with Crippen LogP contribution in [0, 0.1) is 0 Å². The van der Waals surface area contributed by atoms with E-state index in [-0.39, 0.29) is 0 Å². The predicted molar refractivity (Wildman–Crippen MR) is 75.5 cm³/mol. The highest BCUT2D eigenvalue weighted by Crippen LogP contribution is 2.28. The van der Waals surface area contributed by atoms with E-state index >= 15 is 0 Å². The largest absolute Gasteiger partial charge is 0.312 e. The molecular formula is C14H31N3. The molecule has 3 nitrogen and oxygen atoms in total. The van der Waals surface area contributed by atoms with Crippen molar-refractivity contribution in [3.8, 4) is 0 Å².